The number of ketones is 1. The van der Waals surface area contributed by atoms with Crippen molar-refractivity contribution in [1.29, 1.82) is 0 Å². The quantitative estimate of drug-likeness (QED) is 0.285. The molecule has 0 fully saturated rings. The van der Waals surface area contributed by atoms with E-state index < -0.39 is 11.2 Å². The van der Waals surface area contributed by atoms with E-state index in [0.29, 0.717) is 11.3 Å². The number of rotatable bonds is 7. The van der Waals surface area contributed by atoms with E-state index in [1.165, 1.54) is 18.2 Å². The summed E-state index contributed by atoms with van der Waals surface area (Å²) >= 11 is 0. The van der Waals surface area contributed by atoms with Crippen LogP contribution in [0.4, 0.5) is 0 Å². The van der Waals surface area contributed by atoms with E-state index in [1.807, 2.05) is 59.8 Å². The Morgan fingerprint density at radius 3 is 1.91 bits per heavy atom. The van der Waals surface area contributed by atoms with Crippen molar-refractivity contribution in [1.82, 2.24) is 0 Å². The van der Waals surface area contributed by atoms with Gasteiger partial charge in [-0.2, -0.15) is 0 Å². The summed E-state index contributed by atoms with van der Waals surface area (Å²) in [6.45, 7) is 20.1. The second kappa shape index (κ2) is 9.23. The Balaban J connectivity index is 2.62. The Bertz CT molecular complexity index is 997. The van der Waals surface area contributed by atoms with Gasteiger partial charge in [0.05, 0.1) is 0 Å². The first kappa shape index (κ1) is 25.3. The van der Waals surface area contributed by atoms with Gasteiger partial charge >= 0.3 is 0 Å². The third-order valence-electron chi connectivity index (χ3n) is 4.71. The van der Waals surface area contributed by atoms with Crippen molar-refractivity contribution >= 4 is 11.9 Å². The van der Waals surface area contributed by atoms with Crippen LogP contribution in [0.15, 0.2) is 55.1 Å². The molecule has 0 atom stereocenters. The molecule has 32 heavy (non-hydrogen) atoms. The molecule has 0 spiro atoms. The van der Waals surface area contributed by atoms with Gasteiger partial charge in [-0.25, -0.2) is 0 Å². The smallest absolute Gasteiger partial charge is 0.185 e. The van der Waals surface area contributed by atoms with Crippen LogP contribution >= 0.6 is 0 Å². The Labute approximate surface area is 192 Å². The maximum absolute atomic E-state index is 12.7. The van der Waals surface area contributed by atoms with Crippen LogP contribution in [-0.4, -0.2) is 22.1 Å². The van der Waals surface area contributed by atoms with Gasteiger partial charge in [0, 0.05) is 28.2 Å². The number of ether oxygens (including phenoxy) is 2. The highest BCUT2D eigenvalue weighted by atomic mass is 16.5. The lowest BCUT2D eigenvalue weighted by Gasteiger charge is -2.31. The summed E-state index contributed by atoms with van der Waals surface area (Å²) in [5.41, 5.74) is 1.05. The topological polar surface area (TPSA) is 55.8 Å². The number of phenolic OH excluding ortho intramolecular Hbond substituents is 1. The summed E-state index contributed by atoms with van der Waals surface area (Å²) in [6, 6.07) is 10.1. The van der Waals surface area contributed by atoms with E-state index in [-0.39, 0.29) is 16.9 Å². The van der Waals surface area contributed by atoms with Crippen molar-refractivity contribution in [3.05, 3.63) is 71.8 Å². The summed E-state index contributed by atoms with van der Waals surface area (Å²) in [7, 11) is 0. The van der Waals surface area contributed by atoms with Crippen molar-refractivity contribution in [2.75, 3.05) is 0 Å². The molecule has 0 saturated carbocycles. The zero-order valence-electron chi connectivity index (χ0n) is 20.6. The van der Waals surface area contributed by atoms with Gasteiger partial charge in [0.25, 0.3) is 0 Å². The lowest BCUT2D eigenvalue weighted by molar-refractivity contribution is 0.104. The monoisotopic (exact) mass is 436 g/mol. The van der Waals surface area contributed by atoms with Crippen LogP contribution in [0.5, 0.6) is 17.2 Å². The number of hydrogen-bond acceptors (Lipinski definition) is 4. The zero-order chi connectivity index (χ0) is 24.3. The minimum Gasteiger partial charge on any atom is -0.508 e. The molecular formula is C28H36O4. The summed E-state index contributed by atoms with van der Waals surface area (Å²) in [4.78, 5) is 12.7. The van der Waals surface area contributed by atoms with Gasteiger partial charge in [0.2, 0.25) is 0 Å². The molecule has 4 nitrogen and oxygen atoms in total. The van der Waals surface area contributed by atoms with Crippen LogP contribution in [0.2, 0.25) is 0 Å². The second-order valence-electron chi connectivity index (χ2n) is 10.5. The van der Waals surface area contributed by atoms with Gasteiger partial charge < -0.3 is 14.6 Å². The number of benzene rings is 2. The molecular weight excluding hydrogens is 400 g/mol. The fraction of sp³-hybridized carbons (Fsp3) is 0.393. The van der Waals surface area contributed by atoms with Gasteiger partial charge in [0.1, 0.15) is 28.5 Å². The molecule has 0 aromatic heterocycles. The van der Waals surface area contributed by atoms with Crippen molar-refractivity contribution in [2.24, 2.45) is 0 Å². The number of aromatic hydroxyl groups is 1. The van der Waals surface area contributed by atoms with Crippen LogP contribution in [-0.2, 0) is 5.41 Å². The highest BCUT2D eigenvalue weighted by Crippen LogP contribution is 2.40. The molecule has 0 bridgehead atoms. The maximum Gasteiger partial charge on any atom is 0.185 e. The zero-order valence-corrected chi connectivity index (χ0v) is 20.6. The number of allylic oxidation sites excluding steroid dienone is 2. The lowest BCUT2D eigenvalue weighted by Crippen LogP contribution is -2.27. The first-order valence-corrected chi connectivity index (χ1v) is 10.8. The predicted octanol–water partition coefficient (Wildman–Crippen LogP) is 7.11. The number of carbonyl (C=O) groups excluding carboxylic acids is 1. The van der Waals surface area contributed by atoms with E-state index in [0.717, 1.165) is 16.9 Å². The van der Waals surface area contributed by atoms with Crippen molar-refractivity contribution < 1.29 is 19.4 Å². The predicted molar refractivity (Wildman–Crippen MR) is 132 cm³/mol. The Morgan fingerprint density at radius 1 is 0.875 bits per heavy atom. The molecule has 1 N–H and O–H groups in total. The molecule has 0 heterocycles. The number of carbonyl (C=O) groups is 1. The van der Waals surface area contributed by atoms with Gasteiger partial charge in [-0.1, -0.05) is 19.9 Å². The van der Waals surface area contributed by atoms with E-state index >= 15 is 0 Å². The van der Waals surface area contributed by atoms with E-state index in [1.54, 1.807) is 18.2 Å². The third-order valence-corrected chi connectivity index (χ3v) is 4.71. The van der Waals surface area contributed by atoms with Crippen molar-refractivity contribution in [2.45, 2.75) is 72.0 Å². The molecule has 2 rings (SSSR count). The van der Waals surface area contributed by atoms with E-state index in [4.69, 9.17) is 9.47 Å². The van der Waals surface area contributed by atoms with Crippen LogP contribution in [0, 0.1) is 0 Å². The molecule has 0 aliphatic carbocycles. The van der Waals surface area contributed by atoms with Crippen LogP contribution < -0.4 is 9.47 Å². The Morgan fingerprint density at radius 2 is 1.41 bits per heavy atom. The minimum absolute atomic E-state index is 0.122. The standard InChI is InChI=1S/C28H36O4/c1-10-28(8,9)22-17-20(13-16-23(30)19-11-14-21(29)15-12-19)24(31-26(2,3)4)18-25(22)32-27(5,6)7/h10-18,29H,1H2,2-9H3/b16-13+. The van der Waals surface area contributed by atoms with Gasteiger partial charge in [-0.3, -0.25) is 4.79 Å². The fourth-order valence-electron chi connectivity index (χ4n) is 3.04. The van der Waals surface area contributed by atoms with Crippen LogP contribution in [0.25, 0.3) is 6.08 Å². The summed E-state index contributed by atoms with van der Waals surface area (Å²) < 4.78 is 12.5. The molecule has 0 radical (unpaired) electrons. The molecule has 0 aliphatic heterocycles. The van der Waals surface area contributed by atoms with Crippen molar-refractivity contribution in [3.8, 4) is 17.2 Å². The summed E-state index contributed by atoms with van der Waals surface area (Å²) in [5.74, 6) is 1.32. The molecule has 0 saturated heterocycles. The molecule has 0 unspecified atom stereocenters. The highest BCUT2D eigenvalue weighted by molar-refractivity contribution is 6.07. The molecule has 4 heteroatoms. The van der Waals surface area contributed by atoms with Gasteiger partial charge in [0.15, 0.2) is 5.78 Å². The molecule has 172 valence electrons. The average Bonchev–Trinajstić information content (AvgIpc) is 2.65. The average molecular weight is 437 g/mol. The highest BCUT2D eigenvalue weighted by Gasteiger charge is 2.27. The van der Waals surface area contributed by atoms with E-state index in [9.17, 15) is 9.90 Å². The largest absolute Gasteiger partial charge is 0.508 e. The summed E-state index contributed by atoms with van der Waals surface area (Å²) in [5, 5.41) is 9.46. The lowest BCUT2D eigenvalue weighted by atomic mass is 9.83. The second-order valence-corrected chi connectivity index (χ2v) is 10.5. The first-order valence-electron chi connectivity index (χ1n) is 10.8. The maximum atomic E-state index is 12.7. The minimum atomic E-state index is -0.433. The van der Waals surface area contributed by atoms with E-state index in [2.05, 4.69) is 20.4 Å². The SMILES string of the molecule is C=CC(C)(C)c1cc(/C=C/C(=O)c2ccc(O)cc2)c(OC(C)(C)C)cc1OC(C)(C)C. The Hall–Kier alpha value is -3.01. The fourth-order valence-corrected chi connectivity index (χ4v) is 3.04. The van der Waals surface area contributed by atoms with Crippen molar-refractivity contribution in [3.63, 3.8) is 0 Å². The Kier molecular flexibility index (Phi) is 7.29. The van der Waals surface area contributed by atoms with Gasteiger partial charge in [-0.15, -0.1) is 6.58 Å². The molecule has 0 amide bonds. The normalized spacial score (nSPS) is 12.6. The van der Waals surface area contributed by atoms with Crippen LogP contribution in [0.1, 0.15) is 76.9 Å². The molecule has 0 aliphatic rings. The third kappa shape index (κ3) is 7.01. The molecule has 2 aromatic rings. The summed E-state index contributed by atoms with van der Waals surface area (Å²) in [6.07, 6.45) is 5.17. The van der Waals surface area contributed by atoms with Crippen LogP contribution in [0.3, 0.4) is 0 Å². The van der Waals surface area contributed by atoms with Gasteiger partial charge in [-0.05, 0) is 84.0 Å². The number of hydrogen-bond donors (Lipinski definition) is 1. The first-order chi connectivity index (χ1) is 14.6. The molecule has 2 aromatic carbocycles. The number of phenols is 1.